The van der Waals surface area contributed by atoms with Crippen LogP contribution in [-0.4, -0.2) is 23.2 Å². The molecule has 0 unspecified atom stereocenters. The van der Waals surface area contributed by atoms with Crippen molar-refractivity contribution in [2.75, 3.05) is 18.5 Å². The van der Waals surface area contributed by atoms with E-state index < -0.39 is 0 Å². The van der Waals surface area contributed by atoms with E-state index >= 15 is 0 Å². The summed E-state index contributed by atoms with van der Waals surface area (Å²) in [4.78, 5) is 8.75. The Morgan fingerprint density at radius 2 is 1.59 bits per heavy atom. The molecule has 4 rings (SSSR count). The molecule has 0 radical (unpaired) electrons. The minimum absolute atomic E-state index is 0.134. The van der Waals surface area contributed by atoms with Crippen LogP contribution in [0.1, 0.15) is 26.3 Å². The molecule has 1 aliphatic heterocycles. The van der Waals surface area contributed by atoms with E-state index in [9.17, 15) is 0 Å². The molecule has 1 N–H and O–H groups in total. The number of aromatic nitrogens is 2. The highest BCUT2D eigenvalue weighted by Crippen LogP contribution is 2.33. The zero-order valence-electron chi connectivity index (χ0n) is 15.8. The Hall–Kier alpha value is -3.08. The number of benzene rings is 2. The molecule has 2 aromatic carbocycles. The molecule has 5 heteroatoms. The second-order valence-corrected chi connectivity index (χ2v) is 7.60. The Balaban J connectivity index is 1.56. The van der Waals surface area contributed by atoms with Gasteiger partial charge in [-0.05, 0) is 23.1 Å². The lowest BCUT2D eigenvalue weighted by Gasteiger charge is -2.19. The summed E-state index contributed by atoms with van der Waals surface area (Å²) in [5.74, 6) is 2.25. The van der Waals surface area contributed by atoms with Crippen molar-refractivity contribution >= 4 is 11.5 Å². The van der Waals surface area contributed by atoms with Crippen molar-refractivity contribution in [3.63, 3.8) is 0 Å². The smallest absolute Gasteiger partial charge is 0.163 e. The van der Waals surface area contributed by atoms with Crippen molar-refractivity contribution in [1.82, 2.24) is 9.97 Å². The van der Waals surface area contributed by atoms with Gasteiger partial charge in [-0.1, -0.05) is 45.0 Å². The molecular weight excluding hydrogens is 338 g/mol. The van der Waals surface area contributed by atoms with Gasteiger partial charge in [-0.3, -0.25) is 0 Å². The third-order valence-electron chi connectivity index (χ3n) is 4.53. The van der Waals surface area contributed by atoms with E-state index in [-0.39, 0.29) is 5.41 Å². The zero-order valence-corrected chi connectivity index (χ0v) is 15.8. The minimum atomic E-state index is 0.134. The Bertz CT molecular complexity index is 947. The van der Waals surface area contributed by atoms with Gasteiger partial charge >= 0.3 is 0 Å². The first-order valence-electron chi connectivity index (χ1n) is 9.09. The zero-order chi connectivity index (χ0) is 18.9. The van der Waals surface area contributed by atoms with Crippen LogP contribution in [0.4, 0.5) is 11.5 Å². The number of fused-ring (bicyclic) bond motifs is 1. The maximum absolute atomic E-state index is 5.64. The highest BCUT2D eigenvalue weighted by atomic mass is 16.6. The first kappa shape index (κ1) is 17.3. The molecule has 0 spiro atoms. The second-order valence-electron chi connectivity index (χ2n) is 7.60. The summed E-state index contributed by atoms with van der Waals surface area (Å²) in [7, 11) is 0. The summed E-state index contributed by atoms with van der Waals surface area (Å²) in [6.45, 7) is 7.79. The SMILES string of the molecule is CC(C)(C)c1ccc(-c2cc(Nc3ccc4c(c3)OCCO4)ncn2)cc1. The molecule has 3 aromatic rings. The number of hydrogen-bond acceptors (Lipinski definition) is 5. The minimum Gasteiger partial charge on any atom is -0.486 e. The van der Waals surface area contributed by atoms with Gasteiger partial charge < -0.3 is 14.8 Å². The summed E-state index contributed by atoms with van der Waals surface area (Å²) in [6, 6.07) is 16.3. The third-order valence-corrected chi connectivity index (χ3v) is 4.53. The standard InChI is InChI=1S/C22H23N3O2/c1-22(2,3)16-6-4-15(5-7-16)18-13-21(24-14-23-18)25-17-8-9-19-20(12-17)27-11-10-26-19/h4-9,12-14H,10-11H2,1-3H3,(H,23,24,25). The fourth-order valence-electron chi connectivity index (χ4n) is 2.99. The Kier molecular flexibility index (Phi) is 4.44. The topological polar surface area (TPSA) is 56.3 Å². The summed E-state index contributed by atoms with van der Waals surface area (Å²) in [6.07, 6.45) is 1.58. The maximum atomic E-state index is 5.64. The molecule has 0 fully saturated rings. The largest absolute Gasteiger partial charge is 0.486 e. The van der Waals surface area contributed by atoms with Crippen LogP contribution < -0.4 is 14.8 Å². The van der Waals surface area contributed by atoms with Crippen LogP contribution in [0.25, 0.3) is 11.3 Å². The lowest BCUT2D eigenvalue weighted by molar-refractivity contribution is 0.171. The van der Waals surface area contributed by atoms with E-state index in [1.165, 1.54) is 5.56 Å². The normalized spacial score (nSPS) is 13.3. The van der Waals surface area contributed by atoms with Crippen molar-refractivity contribution in [3.8, 4) is 22.8 Å². The van der Waals surface area contributed by atoms with Crippen LogP contribution in [0.15, 0.2) is 54.9 Å². The number of nitrogens with one attached hydrogen (secondary N) is 1. The molecule has 0 saturated carbocycles. The fraction of sp³-hybridized carbons (Fsp3) is 0.273. The van der Waals surface area contributed by atoms with Gasteiger partial charge in [0, 0.05) is 23.4 Å². The molecule has 0 saturated heterocycles. The molecule has 0 bridgehead atoms. The van der Waals surface area contributed by atoms with E-state index in [4.69, 9.17) is 9.47 Å². The molecule has 2 heterocycles. The predicted molar refractivity (Wildman–Crippen MR) is 107 cm³/mol. The molecular formula is C22H23N3O2. The first-order valence-corrected chi connectivity index (χ1v) is 9.09. The van der Waals surface area contributed by atoms with Gasteiger partial charge in [-0.15, -0.1) is 0 Å². The van der Waals surface area contributed by atoms with Crippen LogP contribution >= 0.6 is 0 Å². The number of anilines is 2. The van der Waals surface area contributed by atoms with Crippen molar-refractivity contribution in [2.45, 2.75) is 26.2 Å². The second kappa shape index (κ2) is 6.91. The maximum Gasteiger partial charge on any atom is 0.163 e. The van der Waals surface area contributed by atoms with E-state index in [0.29, 0.717) is 13.2 Å². The first-order chi connectivity index (χ1) is 13.0. The van der Waals surface area contributed by atoms with Crippen LogP contribution in [-0.2, 0) is 5.41 Å². The van der Waals surface area contributed by atoms with Crippen molar-refractivity contribution in [2.24, 2.45) is 0 Å². The van der Waals surface area contributed by atoms with Crippen LogP contribution in [0.2, 0.25) is 0 Å². The Morgan fingerprint density at radius 3 is 2.33 bits per heavy atom. The van der Waals surface area contributed by atoms with Gasteiger partial charge in [0.1, 0.15) is 25.4 Å². The van der Waals surface area contributed by atoms with E-state index in [1.807, 2.05) is 24.3 Å². The quantitative estimate of drug-likeness (QED) is 0.715. The lowest BCUT2D eigenvalue weighted by Crippen LogP contribution is -2.15. The number of hydrogen-bond donors (Lipinski definition) is 1. The van der Waals surface area contributed by atoms with E-state index in [1.54, 1.807) is 6.33 Å². The lowest BCUT2D eigenvalue weighted by atomic mass is 9.86. The third kappa shape index (κ3) is 3.87. The molecule has 0 aliphatic carbocycles. The summed E-state index contributed by atoms with van der Waals surface area (Å²) in [5.41, 5.74) is 4.28. The molecule has 138 valence electrons. The highest BCUT2D eigenvalue weighted by molar-refractivity contribution is 5.67. The summed E-state index contributed by atoms with van der Waals surface area (Å²) in [5, 5.41) is 3.31. The van der Waals surface area contributed by atoms with Crippen LogP contribution in [0, 0.1) is 0 Å². The van der Waals surface area contributed by atoms with Crippen LogP contribution in [0.5, 0.6) is 11.5 Å². The van der Waals surface area contributed by atoms with Gasteiger partial charge in [0.05, 0.1) is 5.69 Å². The van der Waals surface area contributed by atoms with Gasteiger partial charge in [-0.2, -0.15) is 0 Å². The van der Waals surface area contributed by atoms with Gasteiger partial charge in [0.15, 0.2) is 11.5 Å². The Morgan fingerprint density at radius 1 is 0.852 bits per heavy atom. The van der Waals surface area contributed by atoms with Crippen molar-refractivity contribution < 1.29 is 9.47 Å². The molecule has 0 atom stereocenters. The highest BCUT2D eigenvalue weighted by Gasteiger charge is 2.14. The van der Waals surface area contributed by atoms with E-state index in [0.717, 1.165) is 34.3 Å². The molecule has 1 aliphatic rings. The Labute approximate surface area is 159 Å². The van der Waals surface area contributed by atoms with Gasteiger partial charge in [0.25, 0.3) is 0 Å². The monoisotopic (exact) mass is 361 g/mol. The average molecular weight is 361 g/mol. The number of ether oxygens (including phenoxy) is 2. The van der Waals surface area contributed by atoms with Gasteiger partial charge in [-0.25, -0.2) is 9.97 Å². The fourth-order valence-corrected chi connectivity index (χ4v) is 2.99. The number of rotatable bonds is 3. The number of nitrogens with zero attached hydrogens (tertiary/aromatic N) is 2. The average Bonchev–Trinajstić information content (AvgIpc) is 2.68. The van der Waals surface area contributed by atoms with E-state index in [2.05, 4.69) is 60.3 Å². The molecule has 0 amide bonds. The summed E-state index contributed by atoms with van der Waals surface area (Å²) >= 11 is 0. The molecule has 27 heavy (non-hydrogen) atoms. The molecule has 1 aromatic heterocycles. The molecule has 5 nitrogen and oxygen atoms in total. The predicted octanol–water partition coefficient (Wildman–Crippen LogP) is 4.96. The van der Waals surface area contributed by atoms with Crippen molar-refractivity contribution in [1.29, 1.82) is 0 Å². The summed E-state index contributed by atoms with van der Waals surface area (Å²) < 4.78 is 11.2. The van der Waals surface area contributed by atoms with Crippen molar-refractivity contribution in [3.05, 3.63) is 60.4 Å². The van der Waals surface area contributed by atoms with Crippen LogP contribution in [0.3, 0.4) is 0 Å². The van der Waals surface area contributed by atoms with Gasteiger partial charge in [0.2, 0.25) is 0 Å².